The highest BCUT2D eigenvalue weighted by Gasteiger charge is 2.49. The fourth-order valence-electron chi connectivity index (χ4n) is 2.67. The van der Waals surface area contributed by atoms with Crippen LogP contribution in [0, 0.1) is 0 Å². The molecule has 1 aromatic carbocycles. The minimum Gasteiger partial charge on any atom is -0.497 e. The number of rotatable bonds is 10. The van der Waals surface area contributed by atoms with E-state index in [0.29, 0.717) is 31.1 Å². The Morgan fingerprint density at radius 1 is 1.15 bits per heavy atom. The molecule has 1 aromatic rings. The number of benzene rings is 1. The molecule has 0 saturated carbocycles. The van der Waals surface area contributed by atoms with E-state index in [4.69, 9.17) is 14.2 Å². The molecule has 9 heteroatoms. The number of nitrogens with one attached hydrogen (secondary N) is 2. The first-order valence-electron chi connectivity index (χ1n) is 8.54. The third-order valence-corrected chi connectivity index (χ3v) is 4.24. The van der Waals surface area contributed by atoms with E-state index in [9.17, 15) is 14.4 Å². The van der Waals surface area contributed by atoms with Crippen LogP contribution in [0.15, 0.2) is 24.3 Å². The zero-order valence-corrected chi connectivity index (χ0v) is 15.7. The van der Waals surface area contributed by atoms with Crippen LogP contribution in [-0.2, 0) is 24.6 Å². The summed E-state index contributed by atoms with van der Waals surface area (Å²) in [5.74, 6) is -0.278. The second-order valence-electron chi connectivity index (χ2n) is 6.13. The predicted octanol–water partition coefficient (Wildman–Crippen LogP) is 0.241. The molecule has 2 N–H and O–H groups in total. The smallest absolute Gasteiger partial charge is 0.325 e. The monoisotopic (exact) mass is 379 g/mol. The van der Waals surface area contributed by atoms with Crippen molar-refractivity contribution in [1.82, 2.24) is 15.5 Å². The Labute approximate surface area is 157 Å². The van der Waals surface area contributed by atoms with Crippen molar-refractivity contribution in [1.29, 1.82) is 0 Å². The molecule has 148 valence electrons. The van der Waals surface area contributed by atoms with Gasteiger partial charge < -0.3 is 24.8 Å². The van der Waals surface area contributed by atoms with Gasteiger partial charge in [0.15, 0.2) is 0 Å². The van der Waals surface area contributed by atoms with Gasteiger partial charge in [0, 0.05) is 13.7 Å². The molecule has 0 aromatic heterocycles. The summed E-state index contributed by atoms with van der Waals surface area (Å²) in [6.45, 7) is 2.76. The van der Waals surface area contributed by atoms with Gasteiger partial charge in [-0.3, -0.25) is 14.5 Å². The minimum absolute atomic E-state index is 0.280. The summed E-state index contributed by atoms with van der Waals surface area (Å²) in [5, 5.41) is 5.27. The predicted molar refractivity (Wildman–Crippen MR) is 96.3 cm³/mol. The van der Waals surface area contributed by atoms with Crippen molar-refractivity contribution in [3.8, 4) is 5.75 Å². The number of amides is 4. The van der Waals surface area contributed by atoms with Gasteiger partial charge in [-0.25, -0.2) is 4.79 Å². The molecule has 9 nitrogen and oxygen atoms in total. The molecule has 4 amide bonds. The molecule has 1 aliphatic heterocycles. The molecule has 27 heavy (non-hydrogen) atoms. The van der Waals surface area contributed by atoms with Gasteiger partial charge in [-0.05, 0) is 24.6 Å². The van der Waals surface area contributed by atoms with Crippen molar-refractivity contribution in [3.05, 3.63) is 29.8 Å². The first-order chi connectivity index (χ1) is 12.9. The highest BCUT2D eigenvalue weighted by molar-refractivity contribution is 6.09. The number of hydrogen-bond donors (Lipinski definition) is 2. The molecule has 0 aliphatic carbocycles. The lowest BCUT2D eigenvalue weighted by molar-refractivity contribution is -0.134. The molecule has 1 fully saturated rings. The first-order valence-corrected chi connectivity index (χ1v) is 8.54. The van der Waals surface area contributed by atoms with Crippen LogP contribution in [0.3, 0.4) is 0 Å². The third-order valence-electron chi connectivity index (χ3n) is 4.24. The van der Waals surface area contributed by atoms with Crippen molar-refractivity contribution in [2.75, 3.05) is 47.1 Å². The molecule has 1 saturated heterocycles. The summed E-state index contributed by atoms with van der Waals surface area (Å²) >= 11 is 0. The summed E-state index contributed by atoms with van der Waals surface area (Å²) in [4.78, 5) is 37.9. The lowest BCUT2D eigenvalue weighted by Gasteiger charge is -2.22. The van der Waals surface area contributed by atoms with Crippen LogP contribution in [0.5, 0.6) is 5.75 Å². The number of ether oxygens (including phenoxy) is 3. The van der Waals surface area contributed by atoms with Crippen LogP contribution >= 0.6 is 0 Å². The Bertz CT molecular complexity index is 678. The number of carbonyl (C=O) groups excluding carboxylic acids is 3. The lowest BCUT2D eigenvalue weighted by Crippen LogP contribution is -2.43. The number of carbonyl (C=O) groups is 3. The van der Waals surface area contributed by atoms with Gasteiger partial charge in [0.1, 0.15) is 17.8 Å². The molecule has 0 radical (unpaired) electrons. The third kappa shape index (κ3) is 4.95. The fraction of sp³-hybridized carbons (Fsp3) is 0.500. The van der Waals surface area contributed by atoms with Crippen LogP contribution < -0.4 is 15.4 Å². The van der Waals surface area contributed by atoms with Gasteiger partial charge in [0.2, 0.25) is 5.91 Å². The zero-order chi connectivity index (χ0) is 19.9. The van der Waals surface area contributed by atoms with Gasteiger partial charge >= 0.3 is 6.03 Å². The Kier molecular flexibility index (Phi) is 7.14. The Morgan fingerprint density at radius 3 is 2.48 bits per heavy atom. The maximum atomic E-state index is 12.8. The standard InChI is InChI=1S/C18H25N3O6/c1-18(13-4-6-14(26-3)7-5-13)16(23)21(17(24)20-18)12-15(22)19-8-9-27-11-10-25-2/h4-7H,8-12H2,1-3H3,(H,19,22)(H,20,24). The van der Waals surface area contributed by atoms with E-state index in [1.807, 2.05) is 0 Å². The first kappa shape index (κ1) is 20.7. The Hall–Kier alpha value is -2.65. The van der Waals surface area contributed by atoms with E-state index in [2.05, 4.69) is 10.6 Å². The van der Waals surface area contributed by atoms with Crippen molar-refractivity contribution >= 4 is 17.8 Å². The molecule has 1 aliphatic rings. The maximum absolute atomic E-state index is 12.8. The Morgan fingerprint density at radius 2 is 1.85 bits per heavy atom. The van der Waals surface area contributed by atoms with Crippen LogP contribution in [-0.4, -0.2) is 69.9 Å². The molecule has 2 rings (SSSR count). The summed E-state index contributed by atoms with van der Waals surface area (Å²) in [6.07, 6.45) is 0. The minimum atomic E-state index is -1.23. The lowest BCUT2D eigenvalue weighted by atomic mass is 9.92. The SMILES string of the molecule is COCCOCCNC(=O)CN1C(=O)NC(C)(c2ccc(OC)cc2)C1=O. The summed E-state index contributed by atoms with van der Waals surface area (Å²) in [5.41, 5.74) is -0.622. The molecule has 1 unspecified atom stereocenters. The number of urea groups is 1. The topological polar surface area (TPSA) is 106 Å². The highest BCUT2D eigenvalue weighted by Crippen LogP contribution is 2.29. The highest BCUT2D eigenvalue weighted by atomic mass is 16.5. The summed E-state index contributed by atoms with van der Waals surface area (Å²) in [7, 11) is 3.12. The van der Waals surface area contributed by atoms with E-state index in [1.54, 1.807) is 45.4 Å². The average Bonchev–Trinajstić information content (AvgIpc) is 2.88. The quantitative estimate of drug-likeness (QED) is 0.446. The molecular formula is C18H25N3O6. The van der Waals surface area contributed by atoms with Gasteiger partial charge in [0.05, 0.1) is 26.9 Å². The fourth-order valence-corrected chi connectivity index (χ4v) is 2.67. The molecule has 0 spiro atoms. The van der Waals surface area contributed by atoms with Crippen LogP contribution in [0.2, 0.25) is 0 Å². The summed E-state index contributed by atoms with van der Waals surface area (Å²) in [6, 6.07) is 6.22. The van der Waals surface area contributed by atoms with E-state index < -0.39 is 23.4 Å². The second kappa shape index (κ2) is 9.33. The van der Waals surface area contributed by atoms with Gasteiger partial charge in [0.25, 0.3) is 5.91 Å². The number of nitrogens with zero attached hydrogens (tertiary/aromatic N) is 1. The van der Waals surface area contributed by atoms with Crippen molar-refractivity contribution in [3.63, 3.8) is 0 Å². The Balaban J connectivity index is 1.91. The molecular weight excluding hydrogens is 354 g/mol. The molecule has 1 atom stereocenters. The molecule has 0 bridgehead atoms. The van der Waals surface area contributed by atoms with Crippen molar-refractivity contribution in [2.45, 2.75) is 12.5 Å². The van der Waals surface area contributed by atoms with Crippen molar-refractivity contribution < 1.29 is 28.6 Å². The second-order valence-corrected chi connectivity index (χ2v) is 6.13. The average molecular weight is 379 g/mol. The molecule has 1 heterocycles. The van der Waals surface area contributed by atoms with Crippen molar-refractivity contribution in [2.24, 2.45) is 0 Å². The van der Waals surface area contributed by atoms with E-state index in [1.165, 1.54) is 0 Å². The van der Waals surface area contributed by atoms with Crippen LogP contribution in [0.25, 0.3) is 0 Å². The van der Waals surface area contributed by atoms with Crippen LogP contribution in [0.4, 0.5) is 4.79 Å². The zero-order valence-electron chi connectivity index (χ0n) is 15.7. The summed E-state index contributed by atoms with van der Waals surface area (Å²) < 4.78 is 15.2. The van der Waals surface area contributed by atoms with Gasteiger partial charge in [-0.15, -0.1) is 0 Å². The number of hydrogen-bond acceptors (Lipinski definition) is 6. The maximum Gasteiger partial charge on any atom is 0.325 e. The van der Waals surface area contributed by atoms with Crippen LogP contribution in [0.1, 0.15) is 12.5 Å². The van der Waals surface area contributed by atoms with E-state index >= 15 is 0 Å². The van der Waals surface area contributed by atoms with Gasteiger partial charge in [-0.2, -0.15) is 0 Å². The largest absolute Gasteiger partial charge is 0.497 e. The normalized spacial score (nSPS) is 19.1. The number of imide groups is 1. The van der Waals surface area contributed by atoms with E-state index in [0.717, 1.165) is 4.90 Å². The van der Waals surface area contributed by atoms with E-state index in [-0.39, 0.29) is 13.1 Å². The van der Waals surface area contributed by atoms with Gasteiger partial charge in [-0.1, -0.05) is 12.1 Å². The number of methoxy groups -OCH3 is 2.